The number of piperazine rings is 1. The Kier molecular flexibility index (Phi) is 5.34. The number of carbonyl (C=O) groups excluding carboxylic acids is 3. The molecule has 0 spiro atoms. The summed E-state index contributed by atoms with van der Waals surface area (Å²) in [4.78, 5) is 46.9. The molecule has 3 aliphatic heterocycles. The van der Waals surface area contributed by atoms with Crippen LogP contribution in [0.25, 0.3) is 0 Å². The van der Waals surface area contributed by atoms with Gasteiger partial charge in [-0.05, 0) is 45.7 Å². The summed E-state index contributed by atoms with van der Waals surface area (Å²) in [5.74, 6) is -0.278. The molecule has 1 aromatic carbocycles. The van der Waals surface area contributed by atoms with Gasteiger partial charge in [-0.25, -0.2) is 0 Å². The minimum absolute atomic E-state index is 0.00576. The molecule has 3 heterocycles. The van der Waals surface area contributed by atoms with Gasteiger partial charge in [-0.15, -0.1) is 0 Å². The zero-order valence-corrected chi connectivity index (χ0v) is 17.6. The van der Waals surface area contributed by atoms with Crippen molar-refractivity contribution in [3.63, 3.8) is 0 Å². The quantitative estimate of drug-likeness (QED) is 0.774. The summed E-state index contributed by atoms with van der Waals surface area (Å²) in [6, 6.07) is 5.56. The molecule has 0 saturated carbocycles. The van der Waals surface area contributed by atoms with Gasteiger partial charge in [0.05, 0.1) is 11.3 Å². The van der Waals surface area contributed by atoms with Crippen molar-refractivity contribution in [3.8, 4) is 0 Å². The van der Waals surface area contributed by atoms with E-state index in [1.54, 1.807) is 9.80 Å². The van der Waals surface area contributed by atoms with Crippen LogP contribution >= 0.6 is 0 Å². The second kappa shape index (κ2) is 7.78. The number of fused-ring (bicyclic) bond motifs is 2. The third kappa shape index (κ3) is 3.64. The van der Waals surface area contributed by atoms with Crippen LogP contribution in [0.2, 0.25) is 0 Å². The number of carbonyl (C=O) groups is 3. The molecule has 0 unspecified atom stereocenters. The molecule has 1 aromatic rings. The summed E-state index contributed by atoms with van der Waals surface area (Å²) in [5.41, 5.74) is 2.06. The van der Waals surface area contributed by atoms with Crippen LogP contribution in [-0.4, -0.2) is 83.8 Å². The maximum Gasteiger partial charge on any atom is 0.256 e. The Hall–Kier alpha value is -2.41. The van der Waals surface area contributed by atoms with Crippen LogP contribution < -0.4 is 4.90 Å². The third-order valence-electron chi connectivity index (χ3n) is 6.43. The van der Waals surface area contributed by atoms with Gasteiger partial charge in [0.2, 0.25) is 11.8 Å². The number of nitrogens with zero attached hydrogens (tertiary/aromatic N) is 4. The molecule has 2 fully saturated rings. The van der Waals surface area contributed by atoms with Crippen LogP contribution in [-0.2, 0) is 9.59 Å². The lowest BCUT2D eigenvalue weighted by atomic mass is 10.1. The van der Waals surface area contributed by atoms with Crippen molar-refractivity contribution in [1.29, 1.82) is 0 Å². The average Bonchev–Trinajstić information content (AvgIpc) is 3.18. The van der Waals surface area contributed by atoms with E-state index >= 15 is 0 Å². The molecule has 0 bridgehead atoms. The Morgan fingerprint density at radius 1 is 1.10 bits per heavy atom. The van der Waals surface area contributed by atoms with Gasteiger partial charge in [0.15, 0.2) is 0 Å². The average molecular weight is 399 g/mol. The topological polar surface area (TPSA) is 64.2 Å². The smallest absolute Gasteiger partial charge is 0.256 e. The Morgan fingerprint density at radius 2 is 1.83 bits per heavy atom. The standard InChI is InChI=1S/C22H30N4O3/c1-15(2)23-9-11-24(12-10-23)20(27)14-26-18-7-6-16(3)13-17(18)21(28)25-8-4-5-19(25)22(26)29/h6-7,13,15,19H,4-5,8-12,14H2,1-3H3/t19-/m1/s1. The molecular weight excluding hydrogens is 368 g/mol. The van der Waals surface area contributed by atoms with E-state index in [-0.39, 0.29) is 24.3 Å². The summed E-state index contributed by atoms with van der Waals surface area (Å²) in [5, 5.41) is 0. The second-order valence-electron chi connectivity index (χ2n) is 8.61. The third-order valence-corrected chi connectivity index (χ3v) is 6.43. The first kappa shape index (κ1) is 19.9. The fourth-order valence-electron chi connectivity index (χ4n) is 4.66. The Morgan fingerprint density at radius 3 is 2.52 bits per heavy atom. The second-order valence-corrected chi connectivity index (χ2v) is 8.61. The fraction of sp³-hybridized carbons (Fsp3) is 0.591. The van der Waals surface area contributed by atoms with Crippen LogP contribution in [0.15, 0.2) is 18.2 Å². The molecule has 0 N–H and O–H groups in total. The van der Waals surface area contributed by atoms with Crippen molar-refractivity contribution < 1.29 is 14.4 Å². The Labute approximate surface area is 172 Å². The van der Waals surface area contributed by atoms with Gasteiger partial charge in [0.25, 0.3) is 5.91 Å². The zero-order chi connectivity index (χ0) is 20.7. The van der Waals surface area contributed by atoms with Gasteiger partial charge in [-0.1, -0.05) is 11.6 Å². The molecule has 3 aliphatic rings. The highest BCUT2D eigenvalue weighted by Gasteiger charge is 2.42. The predicted octanol–water partition coefficient (Wildman–Crippen LogP) is 1.50. The lowest BCUT2D eigenvalue weighted by Crippen LogP contribution is -2.54. The molecule has 29 heavy (non-hydrogen) atoms. The Bertz CT molecular complexity index is 829. The van der Waals surface area contributed by atoms with Crippen LogP contribution in [0, 0.1) is 6.92 Å². The highest BCUT2D eigenvalue weighted by molar-refractivity contribution is 6.12. The van der Waals surface area contributed by atoms with E-state index in [4.69, 9.17) is 0 Å². The minimum atomic E-state index is -0.458. The van der Waals surface area contributed by atoms with Gasteiger partial charge in [0.1, 0.15) is 12.6 Å². The molecule has 1 atom stereocenters. The maximum atomic E-state index is 13.3. The van der Waals surface area contributed by atoms with Gasteiger partial charge in [-0.3, -0.25) is 19.3 Å². The molecule has 7 heteroatoms. The maximum absolute atomic E-state index is 13.3. The molecular formula is C22H30N4O3. The van der Waals surface area contributed by atoms with Crippen molar-refractivity contribution in [2.45, 2.75) is 45.7 Å². The van der Waals surface area contributed by atoms with Crippen molar-refractivity contribution in [3.05, 3.63) is 29.3 Å². The molecule has 156 valence electrons. The number of rotatable bonds is 3. The van der Waals surface area contributed by atoms with E-state index in [0.717, 1.165) is 25.1 Å². The molecule has 3 amide bonds. The number of hydrogen-bond donors (Lipinski definition) is 0. The van der Waals surface area contributed by atoms with Crippen molar-refractivity contribution >= 4 is 23.4 Å². The molecule has 0 aliphatic carbocycles. The van der Waals surface area contributed by atoms with Crippen molar-refractivity contribution in [1.82, 2.24) is 14.7 Å². The van der Waals surface area contributed by atoms with Gasteiger partial charge in [-0.2, -0.15) is 0 Å². The minimum Gasteiger partial charge on any atom is -0.339 e. The van der Waals surface area contributed by atoms with E-state index in [9.17, 15) is 14.4 Å². The summed E-state index contributed by atoms with van der Waals surface area (Å²) < 4.78 is 0. The van der Waals surface area contributed by atoms with E-state index in [1.807, 2.05) is 30.0 Å². The van der Waals surface area contributed by atoms with Crippen LogP contribution in [0.1, 0.15) is 42.6 Å². The monoisotopic (exact) mass is 398 g/mol. The predicted molar refractivity (Wildman–Crippen MR) is 111 cm³/mol. The molecule has 7 nitrogen and oxygen atoms in total. The van der Waals surface area contributed by atoms with E-state index < -0.39 is 6.04 Å². The van der Waals surface area contributed by atoms with Gasteiger partial charge in [0, 0.05) is 38.8 Å². The van der Waals surface area contributed by atoms with E-state index in [1.165, 1.54) is 0 Å². The normalized spacial score (nSPS) is 22.8. The van der Waals surface area contributed by atoms with Crippen LogP contribution in [0.3, 0.4) is 0 Å². The summed E-state index contributed by atoms with van der Waals surface area (Å²) in [7, 11) is 0. The van der Waals surface area contributed by atoms with Crippen molar-refractivity contribution in [2.75, 3.05) is 44.2 Å². The first-order chi connectivity index (χ1) is 13.9. The van der Waals surface area contributed by atoms with Gasteiger partial charge < -0.3 is 14.7 Å². The molecule has 0 radical (unpaired) electrons. The lowest BCUT2D eigenvalue weighted by molar-refractivity contribution is -0.133. The number of anilines is 1. The first-order valence-electron chi connectivity index (χ1n) is 10.6. The largest absolute Gasteiger partial charge is 0.339 e. The summed E-state index contributed by atoms with van der Waals surface area (Å²) >= 11 is 0. The number of aryl methyl sites for hydroxylation is 1. The number of hydrogen-bond acceptors (Lipinski definition) is 4. The molecule has 0 aromatic heterocycles. The molecule has 2 saturated heterocycles. The molecule has 4 rings (SSSR count). The fourth-order valence-corrected chi connectivity index (χ4v) is 4.66. The van der Waals surface area contributed by atoms with Crippen LogP contribution in [0.5, 0.6) is 0 Å². The first-order valence-corrected chi connectivity index (χ1v) is 10.6. The Balaban J connectivity index is 1.59. The number of benzene rings is 1. The summed E-state index contributed by atoms with van der Waals surface area (Å²) in [6.07, 6.45) is 1.48. The summed E-state index contributed by atoms with van der Waals surface area (Å²) in [6.45, 7) is 9.90. The highest BCUT2D eigenvalue weighted by atomic mass is 16.2. The van der Waals surface area contributed by atoms with Crippen molar-refractivity contribution in [2.24, 2.45) is 0 Å². The van der Waals surface area contributed by atoms with Crippen LogP contribution in [0.4, 0.5) is 5.69 Å². The highest BCUT2D eigenvalue weighted by Crippen LogP contribution is 2.33. The zero-order valence-electron chi connectivity index (χ0n) is 17.6. The lowest BCUT2D eigenvalue weighted by Gasteiger charge is -2.37. The van der Waals surface area contributed by atoms with E-state index in [2.05, 4.69) is 18.7 Å². The SMILES string of the molecule is Cc1ccc2c(c1)C(=O)N1CCC[C@@H]1C(=O)N2CC(=O)N1CCN(C(C)C)CC1. The van der Waals surface area contributed by atoms with Gasteiger partial charge >= 0.3 is 0 Å². The van der Waals surface area contributed by atoms with E-state index in [0.29, 0.717) is 43.3 Å². The number of amides is 3.